The molecule has 3 heteroatoms. The highest BCUT2D eigenvalue weighted by Gasteiger charge is 2.18. The first-order chi connectivity index (χ1) is 8.27. The highest BCUT2D eigenvalue weighted by Crippen LogP contribution is 2.28. The Bertz CT molecular complexity index is 390. The van der Waals surface area contributed by atoms with E-state index >= 15 is 0 Å². The standard InChI is InChI=1S/C14H20N2O/c1-11(17)15-9-10-16-14-8-4-6-12-5-2-3-7-13(12)14/h2-3,5,7,14,16H,4,6,8-10H2,1H3,(H,15,17). The smallest absolute Gasteiger partial charge is 0.216 e. The van der Waals surface area contributed by atoms with E-state index in [4.69, 9.17) is 0 Å². The molecule has 0 radical (unpaired) electrons. The lowest BCUT2D eigenvalue weighted by atomic mass is 9.88. The predicted octanol–water partition coefficient (Wildman–Crippen LogP) is 1.79. The summed E-state index contributed by atoms with van der Waals surface area (Å²) < 4.78 is 0. The Kier molecular flexibility index (Phi) is 4.15. The van der Waals surface area contributed by atoms with E-state index in [1.807, 2.05) is 0 Å². The van der Waals surface area contributed by atoms with Gasteiger partial charge in [-0.25, -0.2) is 0 Å². The van der Waals surface area contributed by atoms with Crippen molar-refractivity contribution in [3.05, 3.63) is 35.4 Å². The molecule has 1 aliphatic carbocycles. The van der Waals surface area contributed by atoms with Crippen LogP contribution in [-0.4, -0.2) is 19.0 Å². The summed E-state index contributed by atoms with van der Waals surface area (Å²) in [4.78, 5) is 10.8. The van der Waals surface area contributed by atoms with Crippen molar-refractivity contribution < 1.29 is 4.79 Å². The maximum absolute atomic E-state index is 10.8. The first-order valence-electron chi connectivity index (χ1n) is 6.33. The van der Waals surface area contributed by atoms with E-state index in [0.29, 0.717) is 12.6 Å². The van der Waals surface area contributed by atoms with Gasteiger partial charge in [0.2, 0.25) is 5.91 Å². The molecule has 1 atom stereocenters. The van der Waals surface area contributed by atoms with Gasteiger partial charge in [-0.3, -0.25) is 4.79 Å². The van der Waals surface area contributed by atoms with Gasteiger partial charge in [-0.2, -0.15) is 0 Å². The molecule has 1 amide bonds. The Morgan fingerprint density at radius 2 is 2.18 bits per heavy atom. The number of amides is 1. The second-order valence-corrected chi connectivity index (χ2v) is 4.58. The van der Waals surface area contributed by atoms with Gasteiger partial charge in [0.15, 0.2) is 0 Å². The molecule has 0 spiro atoms. The summed E-state index contributed by atoms with van der Waals surface area (Å²) in [5.41, 5.74) is 2.90. The van der Waals surface area contributed by atoms with E-state index in [-0.39, 0.29) is 5.91 Å². The molecule has 1 aromatic carbocycles. The van der Waals surface area contributed by atoms with E-state index in [0.717, 1.165) is 6.54 Å². The second-order valence-electron chi connectivity index (χ2n) is 4.58. The molecule has 1 aromatic rings. The van der Waals surface area contributed by atoms with Gasteiger partial charge >= 0.3 is 0 Å². The average Bonchev–Trinajstić information content (AvgIpc) is 2.34. The van der Waals surface area contributed by atoms with E-state index in [2.05, 4.69) is 34.9 Å². The molecule has 0 bridgehead atoms. The topological polar surface area (TPSA) is 41.1 Å². The minimum atomic E-state index is 0.0378. The molecule has 2 rings (SSSR count). The highest BCUT2D eigenvalue weighted by molar-refractivity contribution is 5.72. The van der Waals surface area contributed by atoms with Crippen LogP contribution in [0.25, 0.3) is 0 Å². The van der Waals surface area contributed by atoms with Gasteiger partial charge in [0, 0.05) is 26.1 Å². The maximum atomic E-state index is 10.8. The van der Waals surface area contributed by atoms with Crippen molar-refractivity contribution in [2.24, 2.45) is 0 Å². The van der Waals surface area contributed by atoms with Gasteiger partial charge in [0.05, 0.1) is 0 Å². The van der Waals surface area contributed by atoms with Gasteiger partial charge in [-0.1, -0.05) is 24.3 Å². The Morgan fingerprint density at radius 3 is 3.00 bits per heavy atom. The van der Waals surface area contributed by atoms with Crippen molar-refractivity contribution in [2.45, 2.75) is 32.2 Å². The van der Waals surface area contributed by atoms with Gasteiger partial charge < -0.3 is 10.6 Å². The molecule has 0 heterocycles. The Balaban J connectivity index is 1.88. The molecule has 0 aromatic heterocycles. The van der Waals surface area contributed by atoms with Crippen LogP contribution >= 0.6 is 0 Å². The van der Waals surface area contributed by atoms with Crippen molar-refractivity contribution in [3.63, 3.8) is 0 Å². The Morgan fingerprint density at radius 1 is 1.35 bits per heavy atom. The molecule has 0 fully saturated rings. The van der Waals surface area contributed by atoms with E-state index in [1.54, 1.807) is 6.92 Å². The average molecular weight is 232 g/mol. The zero-order valence-corrected chi connectivity index (χ0v) is 10.3. The van der Waals surface area contributed by atoms with E-state index < -0.39 is 0 Å². The quantitative estimate of drug-likeness (QED) is 0.777. The van der Waals surface area contributed by atoms with Crippen LogP contribution in [0, 0.1) is 0 Å². The number of hydrogen-bond acceptors (Lipinski definition) is 2. The second kappa shape index (κ2) is 5.82. The van der Waals surface area contributed by atoms with Crippen LogP contribution in [-0.2, 0) is 11.2 Å². The summed E-state index contributed by atoms with van der Waals surface area (Å²) >= 11 is 0. The summed E-state index contributed by atoms with van der Waals surface area (Å²) in [6, 6.07) is 9.10. The third kappa shape index (κ3) is 3.30. The molecule has 2 N–H and O–H groups in total. The van der Waals surface area contributed by atoms with Gasteiger partial charge in [-0.05, 0) is 30.4 Å². The number of fused-ring (bicyclic) bond motifs is 1. The third-order valence-corrected chi connectivity index (χ3v) is 3.26. The van der Waals surface area contributed by atoms with Crippen molar-refractivity contribution in [1.29, 1.82) is 0 Å². The van der Waals surface area contributed by atoms with Crippen LogP contribution in [0.2, 0.25) is 0 Å². The normalized spacial score (nSPS) is 18.5. The predicted molar refractivity (Wildman–Crippen MR) is 68.8 cm³/mol. The lowest BCUT2D eigenvalue weighted by molar-refractivity contribution is -0.118. The summed E-state index contributed by atoms with van der Waals surface area (Å²) in [6.07, 6.45) is 3.63. The fraction of sp³-hybridized carbons (Fsp3) is 0.500. The Labute approximate surface area is 103 Å². The van der Waals surface area contributed by atoms with Crippen LogP contribution in [0.3, 0.4) is 0 Å². The number of rotatable bonds is 4. The molecular formula is C14H20N2O. The van der Waals surface area contributed by atoms with Crippen LogP contribution in [0.4, 0.5) is 0 Å². The van der Waals surface area contributed by atoms with Crippen molar-refractivity contribution >= 4 is 5.91 Å². The SMILES string of the molecule is CC(=O)NCCNC1CCCc2ccccc21. The Hall–Kier alpha value is -1.35. The highest BCUT2D eigenvalue weighted by atomic mass is 16.1. The summed E-state index contributed by atoms with van der Waals surface area (Å²) in [5.74, 6) is 0.0378. The zero-order chi connectivity index (χ0) is 12.1. The molecule has 92 valence electrons. The van der Waals surface area contributed by atoms with E-state index in [9.17, 15) is 4.79 Å². The molecular weight excluding hydrogens is 212 g/mol. The molecule has 1 aliphatic rings. The lowest BCUT2D eigenvalue weighted by Crippen LogP contribution is -2.33. The van der Waals surface area contributed by atoms with E-state index in [1.165, 1.54) is 30.4 Å². The van der Waals surface area contributed by atoms with Gasteiger partial charge in [0.25, 0.3) is 0 Å². The fourth-order valence-electron chi connectivity index (χ4n) is 2.45. The maximum Gasteiger partial charge on any atom is 0.216 e. The van der Waals surface area contributed by atoms with Crippen molar-refractivity contribution in [3.8, 4) is 0 Å². The molecule has 1 unspecified atom stereocenters. The monoisotopic (exact) mass is 232 g/mol. The summed E-state index contributed by atoms with van der Waals surface area (Å²) in [7, 11) is 0. The van der Waals surface area contributed by atoms with Crippen LogP contribution in [0.15, 0.2) is 24.3 Å². The minimum absolute atomic E-state index is 0.0378. The zero-order valence-electron chi connectivity index (χ0n) is 10.3. The van der Waals surface area contributed by atoms with Crippen LogP contribution < -0.4 is 10.6 Å². The first-order valence-corrected chi connectivity index (χ1v) is 6.33. The number of hydrogen-bond donors (Lipinski definition) is 2. The van der Waals surface area contributed by atoms with Gasteiger partial charge in [-0.15, -0.1) is 0 Å². The summed E-state index contributed by atoms with van der Waals surface area (Å²) in [6.45, 7) is 3.09. The largest absolute Gasteiger partial charge is 0.355 e. The molecule has 3 nitrogen and oxygen atoms in total. The number of carbonyl (C=O) groups excluding carboxylic acids is 1. The van der Waals surface area contributed by atoms with Crippen molar-refractivity contribution in [1.82, 2.24) is 10.6 Å². The summed E-state index contributed by atoms with van der Waals surface area (Å²) in [5, 5.41) is 6.33. The van der Waals surface area contributed by atoms with Crippen LogP contribution in [0.1, 0.15) is 36.9 Å². The molecule has 0 aliphatic heterocycles. The molecule has 17 heavy (non-hydrogen) atoms. The third-order valence-electron chi connectivity index (χ3n) is 3.26. The molecule has 0 saturated heterocycles. The minimum Gasteiger partial charge on any atom is -0.355 e. The number of benzene rings is 1. The molecule has 0 saturated carbocycles. The van der Waals surface area contributed by atoms with Gasteiger partial charge in [0.1, 0.15) is 0 Å². The fourth-order valence-corrected chi connectivity index (χ4v) is 2.45. The number of carbonyl (C=O) groups is 1. The van der Waals surface area contributed by atoms with Crippen LogP contribution in [0.5, 0.6) is 0 Å². The number of nitrogens with one attached hydrogen (secondary N) is 2. The lowest BCUT2D eigenvalue weighted by Gasteiger charge is -2.26. The van der Waals surface area contributed by atoms with Crippen molar-refractivity contribution in [2.75, 3.05) is 13.1 Å². The number of aryl methyl sites for hydroxylation is 1. The first kappa shape index (κ1) is 12.1.